The molecule has 20 heavy (non-hydrogen) atoms. The minimum absolute atomic E-state index is 1.08. The van der Waals surface area contributed by atoms with Crippen molar-refractivity contribution in [1.29, 1.82) is 0 Å². The van der Waals surface area contributed by atoms with Gasteiger partial charge in [-0.15, -0.1) is 0 Å². The van der Waals surface area contributed by atoms with E-state index >= 15 is 0 Å². The van der Waals surface area contributed by atoms with E-state index in [0.717, 1.165) is 6.42 Å². The summed E-state index contributed by atoms with van der Waals surface area (Å²) in [5.74, 6) is 0. The molecule has 1 heteroatoms. The van der Waals surface area contributed by atoms with Crippen molar-refractivity contribution in [3.8, 4) is 0 Å². The van der Waals surface area contributed by atoms with Gasteiger partial charge in [0.15, 0.2) is 11.9 Å². The minimum atomic E-state index is 1.08. The third-order valence-corrected chi connectivity index (χ3v) is 4.05. The molecule has 0 saturated carbocycles. The van der Waals surface area contributed by atoms with Crippen LogP contribution in [0.15, 0.2) is 42.6 Å². The molecule has 0 radical (unpaired) electrons. The van der Waals surface area contributed by atoms with E-state index in [4.69, 9.17) is 0 Å². The predicted octanol–water partition coefficient (Wildman–Crippen LogP) is 5.16. The maximum atomic E-state index is 2.45. The largest absolute Gasteiger partial charge is 0.202 e. The van der Waals surface area contributed by atoms with Crippen LogP contribution in [0.4, 0.5) is 0 Å². The summed E-state index contributed by atoms with van der Waals surface area (Å²) in [6, 6.07) is 10.8. The van der Waals surface area contributed by atoms with Crippen molar-refractivity contribution < 1.29 is 4.58 Å². The first kappa shape index (κ1) is 15.0. The Bertz CT molecular complexity index is 442. The monoisotopic (exact) mass is 270 g/mol. The zero-order chi connectivity index (χ0) is 14.0. The highest BCUT2D eigenvalue weighted by molar-refractivity contribution is 5.98. The first-order chi connectivity index (χ1) is 9.92. The molecule has 0 unspecified atom stereocenters. The van der Waals surface area contributed by atoms with Gasteiger partial charge in [-0.2, -0.15) is 0 Å². The molecular formula is C19H28N+. The van der Waals surface area contributed by atoms with Crippen LogP contribution >= 0.6 is 0 Å². The molecule has 1 aliphatic rings. The van der Waals surface area contributed by atoms with Gasteiger partial charge in [0.1, 0.15) is 6.54 Å². The second-order valence-electron chi connectivity index (χ2n) is 5.72. The summed E-state index contributed by atoms with van der Waals surface area (Å²) in [7, 11) is 0. The Labute approximate surface area is 124 Å². The van der Waals surface area contributed by atoms with Gasteiger partial charge in [0.25, 0.3) is 0 Å². The van der Waals surface area contributed by atoms with Crippen LogP contribution in [-0.4, -0.2) is 16.8 Å². The predicted molar refractivity (Wildman–Crippen MR) is 87.4 cm³/mol. The van der Waals surface area contributed by atoms with Crippen LogP contribution in [0.2, 0.25) is 0 Å². The van der Waals surface area contributed by atoms with Gasteiger partial charge >= 0.3 is 0 Å². The lowest BCUT2D eigenvalue weighted by Crippen LogP contribution is -2.14. The summed E-state index contributed by atoms with van der Waals surface area (Å²) in [5.41, 5.74) is 2.84. The zero-order valence-electron chi connectivity index (χ0n) is 12.9. The highest BCUT2D eigenvalue weighted by Gasteiger charge is 2.18. The number of unbranched alkanes of at least 4 members (excludes halogenated alkanes) is 6. The van der Waals surface area contributed by atoms with Gasteiger partial charge < -0.3 is 0 Å². The van der Waals surface area contributed by atoms with Crippen molar-refractivity contribution in [1.82, 2.24) is 0 Å². The Morgan fingerprint density at radius 1 is 0.900 bits per heavy atom. The molecule has 0 N–H and O–H groups in total. The van der Waals surface area contributed by atoms with Crippen molar-refractivity contribution in [3.63, 3.8) is 0 Å². The molecule has 0 atom stereocenters. The van der Waals surface area contributed by atoms with E-state index < -0.39 is 0 Å². The van der Waals surface area contributed by atoms with Gasteiger partial charge in [-0.3, -0.25) is 0 Å². The van der Waals surface area contributed by atoms with Crippen LogP contribution in [0.1, 0.15) is 63.9 Å². The first-order valence-corrected chi connectivity index (χ1v) is 8.26. The highest BCUT2D eigenvalue weighted by atomic mass is 15.0. The number of rotatable bonds is 9. The van der Waals surface area contributed by atoms with E-state index in [1.165, 1.54) is 62.8 Å². The highest BCUT2D eigenvalue weighted by Crippen LogP contribution is 2.12. The fourth-order valence-electron chi connectivity index (χ4n) is 2.86. The summed E-state index contributed by atoms with van der Waals surface area (Å²) in [6.07, 6.45) is 15.3. The fraction of sp³-hybridized carbons (Fsp3) is 0.526. The van der Waals surface area contributed by atoms with Crippen LogP contribution in [0.25, 0.3) is 0 Å². The quantitative estimate of drug-likeness (QED) is 0.431. The van der Waals surface area contributed by atoms with E-state index in [1.54, 1.807) is 0 Å². The molecule has 0 fully saturated rings. The molecule has 1 nitrogen and oxygen atoms in total. The van der Waals surface area contributed by atoms with Crippen LogP contribution in [-0.2, 0) is 0 Å². The first-order valence-electron chi connectivity index (χ1n) is 8.26. The molecule has 1 aromatic rings. The molecule has 0 amide bonds. The normalized spacial score (nSPS) is 14.2. The topological polar surface area (TPSA) is 3.01 Å². The molecule has 0 bridgehead atoms. The summed E-state index contributed by atoms with van der Waals surface area (Å²) >= 11 is 0. The molecular weight excluding hydrogens is 242 g/mol. The van der Waals surface area contributed by atoms with Crippen LogP contribution in [0, 0.1) is 0 Å². The standard InChI is InChI=1S/C19H28N/c1-2-3-4-5-6-7-11-16-20-17-12-15-19(20)18-13-9-8-10-14-18/h8-10,12-14,17H,2-7,11,15-16H2,1H3/q+1. The Morgan fingerprint density at radius 3 is 2.35 bits per heavy atom. The lowest BCUT2D eigenvalue weighted by Gasteiger charge is -2.03. The zero-order valence-corrected chi connectivity index (χ0v) is 12.9. The van der Waals surface area contributed by atoms with Gasteiger partial charge in [0, 0.05) is 12.0 Å². The number of allylic oxidation sites excluding steroid dienone is 1. The Hall–Kier alpha value is -1.37. The average molecular weight is 270 g/mol. The second-order valence-corrected chi connectivity index (χ2v) is 5.72. The average Bonchev–Trinajstić information content (AvgIpc) is 2.96. The van der Waals surface area contributed by atoms with Crippen molar-refractivity contribution in [2.45, 2.75) is 58.3 Å². The Balaban J connectivity index is 1.75. The SMILES string of the molecule is CCCCCCCCC[N+]1=C(c2ccccc2)CC=C1. The van der Waals surface area contributed by atoms with Crippen LogP contribution < -0.4 is 0 Å². The molecule has 0 spiro atoms. The number of benzene rings is 1. The van der Waals surface area contributed by atoms with Crippen molar-refractivity contribution in [2.24, 2.45) is 0 Å². The molecule has 2 rings (SSSR count). The van der Waals surface area contributed by atoms with Gasteiger partial charge in [0.2, 0.25) is 0 Å². The van der Waals surface area contributed by atoms with Gasteiger partial charge in [0.05, 0.1) is 6.42 Å². The Kier molecular flexibility index (Phi) is 6.56. The smallest absolute Gasteiger partial charge is 0.192 e. The van der Waals surface area contributed by atoms with E-state index in [9.17, 15) is 0 Å². The maximum absolute atomic E-state index is 2.45. The fourth-order valence-corrected chi connectivity index (χ4v) is 2.86. The molecule has 0 aliphatic carbocycles. The van der Waals surface area contributed by atoms with Gasteiger partial charge in [-0.25, -0.2) is 4.58 Å². The number of nitrogens with zero attached hydrogens (tertiary/aromatic N) is 1. The lowest BCUT2D eigenvalue weighted by molar-refractivity contribution is -0.454. The van der Waals surface area contributed by atoms with Crippen molar-refractivity contribution in [2.75, 3.05) is 6.54 Å². The van der Waals surface area contributed by atoms with Crippen LogP contribution in [0.5, 0.6) is 0 Å². The van der Waals surface area contributed by atoms with Crippen molar-refractivity contribution in [3.05, 3.63) is 48.2 Å². The van der Waals surface area contributed by atoms with Crippen LogP contribution in [0.3, 0.4) is 0 Å². The van der Waals surface area contributed by atoms with E-state index in [1.807, 2.05) is 0 Å². The third kappa shape index (κ3) is 4.63. The number of hydrogen-bond donors (Lipinski definition) is 0. The molecule has 1 aliphatic heterocycles. The molecule has 0 aromatic heterocycles. The molecule has 0 saturated heterocycles. The van der Waals surface area contributed by atoms with E-state index in [-0.39, 0.29) is 0 Å². The lowest BCUT2D eigenvalue weighted by atomic mass is 10.1. The van der Waals surface area contributed by atoms with E-state index in [0.29, 0.717) is 0 Å². The Morgan fingerprint density at radius 2 is 1.60 bits per heavy atom. The summed E-state index contributed by atoms with van der Waals surface area (Å²) < 4.78 is 2.45. The maximum Gasteiger partial charge on any atom is 0.192 e. The van der Waals surface area contributed by atoms with E-state index in [2.05, 4.69) is 54.1 Å². The summed E-state index contributed by atoms with van der Waals surface area (Å²) in [5, 5.41) is 0. The van der Waals surface area contributed by atoms with Gasteiger partial charge in [-0.1, -0.05) is 57.2 Å². The summed E-state index contributed by atoms with van der Waals surface area (Å²) in [6.45, 7) is 3.45. The number of hydrogen-bond acceptors (Lipinski definition) is 0. The third-order valence-electron chi connectivity index (χ3n) is 4.05. The molecule has 108 valence electrons. The second kappa shape index (κ2) is 8.73. The minimum Gasteiger partial charge on any atom is -0.202 e. The summed E-state index contributed by atoms with van der Waals surface area (Å²) in [4.78, 5) is 0. The molecule has 1 heterocycles. The molecule has 1 aromatic carbocycles. The van der Waals surface area contributed by atoms with Crippen molar-refractivity contribution >= 4 is 5.71 Å². The van der Waals surface area contributed by atoms with Gasteiger partial charge in [-0.05, 0) is 24.6 Å².